The van der Waals surface area contributed by atoms with Gasteiger partial charge in [0.05, 0.1) is 12.7 Å². The Hall–Kier alpha value is -1.40. The van der Waals surface area contributed by atoms with Gasteiger partial charge < -0.3 is 10.2 Å². The van der Waals surface area contributed by atoms with E-state index in [1.165, 1.54) is 4.57 Å². The maximum Gasteiger partial charge on any atom is 0.328 e. The Kier molecular flexibility index (Phi) is 2.30. The number of fused-ring (bicyclic) bond motifs is 1. The summed E-state index contributed by atoms with van der Waals surface area (Å²) in [5.74, 6) is 0.125. The van der Waals surface area contributed by atoms with Crippen LogP contribution in [0.2, 0.25) is 0 Å². The van der Waals surface area contributed by atoms with Gasteiger partial charge in [-0.05, 0) is 25.7 Å². The van der Waals surface area contributed by atoms with Crippen LogP contribution in [0.15, 0.2) is 15.8 Å². The highest BCUT2D eigenvalue weighted by atomic mass is 16.3. The second-order valence-corrected chi connectivity index (χ2v) is 5.50. The minimum atomic E-state index is -0.573. The van der Waals surface area contributed by atoms with E-state index in [0.717, 1.165) is 6.42 Å². The highest BCUT2D eigenvalue weighted by Crippen LogP contribution is 2.66. The highest BCUT2D eigenvalue weighted by Gasteiger charge is 2.67. The van der Waals surface area contributed by atoms with Gasteiger partial charge >= 0.3 is 5.69 Å². The van der Waals surface area contributed by atoms with E-state index in [1.54, 1.807) is 13.1 Å². The first kappa shape index (κ1) is 11.7. The van der Waals surface area contributed by atoms with Gasteiger partial charge in [0.2, 0.25) is 0 Å². The van der Waals surface area contributed by atoms with Crippen LogP contribution in [0, 0.1) is 18.3 Å². The third-order valence-corrected chi connectivity index (χ3v) is 4.57. The Morgan fingerprint density at radius 1 is 1.56 bits per heavy atom. The lowest BCUT2D eigenvalue weighted by molar-refractivity contribution is 0.0599. The molecular weight excluding hydrogens is 236 g/mol. The summed E-state index contributed by atoms with van der Waals surface area (Å²) in [4.78, 5) is 25.4. The molecule has 2 saturated carbocycles. The number of aliphatic hydroxyl groups is 2. The van der Waals surface area contributed by atoms with Gasteiger partial charge in [-0.3, -0.25) is 14.3 Å². The van der Waals surface area contributed by atoms with Gasteiger partial charge in [-0.2, -0.15) is 0 Å². The molecule has 0 amide bonds. The van der Waals surface area contributed by atoms with Gasteiger partial charge in [0.1, 0.15) is 0 Å². The van der Waals surface area contributed by atoms with Crippen molar-refractivity contribution >= 4 is 0 Å². The van der Waals surface area contributed by atoms with Crippen molar-refractivity contribution in [1.29, 1.82) is 0 Å². The molecule has 6 heteroatoms. The number of nitrogens with zero attached hydrogens (tertiary/aromatic N) is 1. The van der Waals surface area contributed by atoms with Crippen molar-refractivity contribution in [2.24, 2.45) is 11.3 Å². The third kappa shape index (κ3) is 1.36. The SMILES string of the molecule is Cc1cn([C@H]2C[C@@H](O)C3(CO)C[C@H]23)c(=O)[nH]c1=O. The van der Waals surface area contributed by atoms with E-state index in [4.69, 9.17) is 0 Å². The smallest absolute Gasteiger partial charge is 0.328 e. The normalized spacial score (nSPS) is 37.6. The van der Waals surface area contributed by atoms with E-state index in [9.17, 15) is 19.8 Å². The van der Waals surface area contributed by atoms with Gasteiger partial charge in [-0.1, -0.05) is 0 Å². The predicted octanol–water partition coefficient (Wildman–Crippen LogP) is -0.851. The number of aliphatic hydroxyl groups excluding tert-OH is 2. The van der Waals surface area contributed by atoms with Crippen LogP contribution < -0.4 is 11.2 Å². The lowest BCUT2D eigenvalue weighted by Crippen LogP contribution is -2.33. The summed E-state index contributed by atoms with van der Waals surface area (Å²) < 4.78 is 1.50. The fourth-order valence-corrected chi connectivity index (χ4v) is 3.31. The Bertz CT molecular complexity index is 605. The minimum Gasteiger partial charge on any atom is -0.396 e. The molecule has 2 aliphatic carbocycles. The van der Waals surface area contributed by atoms with Crippen molar-refractivity contribution in [2.75, 3.05) is 6.61 Å². The van der Waals surface area contributed by atoms with Gasteiger partial charge in [-0.25, -0.2) is 4.79 Å². The fourth-order valence-electron chi connectivity index (χ4n) is 3.31. The van der Waals surface area contributed by atoms with Crippen LogP contribution >= 0.6 is 0 Å². The van der Waals surface area contributed by atoms with Crippen LogP contribution in [0.3, 0.4) is 0 Å². The molecule has 1 unspecified atom stereocenters. The van der Waals surface area contributed by atoms with Crippen LogP contribution in [0.5, 0.6) is 0 Å². The monoisotopic (exact) mass is 252 g/mol. The first-order chi connectivity index (χ1) is 8.49. The van der Waals surface area contributed by atoms with Crippen molar-refractivity contribution in [3.05, 3.63) is 32.6 Å². The summed E-state index contributed by atoms with van der Waals surface area (Å²) in [6, 6.07) is -0.129. The topological polar surface area (TPSA) is 95.3 Å². The van der Waals surface area contributed by atoms with E-state index < -0.39 is 17.2 Å². The molecule has 1 heterocycles. The fraction of sp³-hybridized carbons (Fsp3) is 0.667. The summed E-state index contributed by atoms with van der Waals surface area (Å²) in [6.07, 6.45) is 2.16. The van der Waals surface area contributed by atoms with Crippen molar-refractivity contribution in [3.8, 4) is 0 Å². The number of rotatable bonds is 2. The first-order valence-electron chi connectivity index (χ1n) is 6.10. The second-order valence-electron chi connectivity index (χ2n) is 5.50. The number of aromatic amines is 1. The van der Waals surface area contributed by atoms with Crippen molar-refractivity contribution in [2.45, 2.75) is 31.9 Å². The van der Waals surface area contributed by atoms with E-state index in [0.29, 0.717) is 12.0 Å². The van der Waals surface area contributed by atoms with Gasteiger partial charge in [0.15, 0.2) is 0 Å². The molecule has 1 aromatic rings. The highest BCUT2D eigenvalue weighted by molar-refractivity contribution is 5.17. The molecule has 6 nitrogen and oxygen atoms in total. The molecule has 98 valence electrons. The lowest BCUT2D eigenvalue weighted by atomic mass is 10.0. The van der Waals surface area contributed by atoms with Crippen molar-refractivity contribution in [3.63, 3.8) is 0 Å². The molecule has 4 atom stereocenters. The van der Waals surface area contributed by atoms with Crippen LogP contribution in [-0.4, -0.2) is 32.5 Å². The molecule has 0 bridgehead atoms. The average molecular weight is 252 g/mol. The zero-order valence-electron chi connectivity index (χ0n) is 10.1. The molecule has 0 aromatic carbocycles. The Morgan fingerprint density at radius 2 is 2.28 bits per heavy atom. The summed E-state index contributed by atoms with van der Waals surface area (Å²) in [7, 11) is 0. The zero-order valence-corrected chi connectivity index (χ0v) is 10.1. The summed E-state index contributed by atoms with van der Waals surface area (Å²) in [5.41, 5.74) is -0.762. The molecule has 3 rings (SSSR count). The van der Waals surface area contributed by atoms with Gasteiger partial charge in [0, 0.05) is 23.2 Å². The average Bonchev–Trinajstić information content (AvgIpc) is 3.01. The number of aryl methyl sites for hydroxylation is 1. The molecule has 2 aliphatic rings. The Morgan fingerprint density at radius 3 is 2.83 bits per heavy atom. The lowest BCUT2D eigenvalue weighted by Gasteiger charge is -2.17. The van der Waals surface area contributed by atoms with Crippen molar-refractivity contribution < 1.29 is 10.2 Å². The third-order valence-electron chi connectivity index (χ3n) is 4.57. The van der Waals surface area contributed by atoms with Gasteiger partial charge in [-0.15, -0.1) is 0 Å². The van der Waals surface area contributed by atoms with Crippen molar-refractivity contribution in [1.82, 2.24) is 9.55 Å². The van der Waals surface area contributed by atoms with Crippen LogP contribution in [0.4, 0.5) is 0 Å². The molecule has 2 fully saturated rings. The largest absolute Gasteiger partial charge is 0.396 e. The molecule has 0 saturated heterocycles. The molecule has 0 spiro atoms. The minimum absolute atomic E-state index is 0.0492. The Balaban J connectivity index is 2.02. The number of hydrogen-bond acceptors (Lipinski definition) is 4. The number of H-pyrrole nitrogens is 1. The maximum absolute atomic E-state index is 11.8. The molecule has 18 heavy (non-hydrogen) atoms. The molecular formula is C12H16N2O4. The van der Waals surface area contributed by atoms with E-state index in [1.807, 2.05) is 0 Å². The van der Waals surface area contributed by atoms with Crippen LogP contribution in [0.1, 0.15) is 24.4 Å². The number of aromatic nitrogens is 2. The maximum atomic E-state index is 11.8. The van der Waals surface area contributed by atoms with Crippen LogP contribution in [-0.2, 0) is 0 Å². The second kappa shape index (κ2) is 3.55. The zero-order chi connectivity index (χ0) is 13.1. The number of hydrogen-bond donors (Lipinski definition) is 3. The van der Waals surface area contributed by atoms with E-state index in [2.05, 4.69) is 4.98 Å². The van der Waals surface area contributed by atoms with E-state index in [-0.39, 0.29) is 24.1 Å². The van der Waals surface area contributed by atoms with Crippen LogP contribution in [0.25, 0.3) is 0 Å². The summed E-state index contributed by atoms with van der Waals surface area (Å²) in [6.45, 7) is 1.60. The standard InChI is InChI=1S/C12H16N2O4/c1-6-4-14(11(18)13-10(6)17)8-2-9(16)12(5-15)3-7(8)12/h4,7-9,15-16H,2-3,5H2,1H3,(H,13,17,18)/t7-,8+,9-,12?/m1/s1. The summed E-state index contributed by atoms with van der Waals surface area (Å²) >= 11 is 0. The summed E-state index contributed by atoms with van der Waals surface area (Å²) in [5, 5.41) is 19.4. The Labute approximate surface area is 103 Å². The van der Waals surface area contributed by atoms with E-state index >= 15 is 0 Å². The molecule has 0 radical (unpaired) electrons. The molecule has 0 aliphatic heterocycles. The first-order valence-corrected chi connectivity index (χ1v) is 6.10. The quantitative estimate of drug-likeness (QED) is 0.639. The number of nitrogens with one attached hydrogen (secondary N) is 1. The molecule has 1 aromatic heterocycles. The molecule has 3 N–H and O–H groups in total. The van der Waals surface area contributed by atoms with Gasteiger partial charge in [0.25, 0.3) is 5.56 Å². The predicted molar refractivity (Wildman–Crippen MR) is 63.3 cm³/mol.